The molecule has 1 amide bonds. The van der Waals surface area contributed by atoms with Gasteiger partial charge in [0.05, 0.1) is 0 Å². The highest BCUT2D eigenvalue weighted by Crippen LogP contribution is 2.09. The minimum Gasteiger partial charge on any atom is -0.357 e. The van der Waals surface area contributed by atoms with E-state index < -0.39 is 0 Å². The number of nitrogens with zero attached hydrogens (tertiary/aromatic N) is 3. The molecule has 6 nitrogen and oxygen atoms in total. The molecule has 6 heteroatoms. The summed E-state index contributed by atoms with van der Waals surface area (Å²) in [6.45, 7) is 7.81. The number of piperazine rings is 1. The van der Waals surface area contributed by atoms with Gasteiger partial charge in [-0.05, 0) is 5.92 Å². The molecule has 0 saturated carbocycles. The van der Waals surface area contributed by atoms with Gasteiger partial charge in [0.25, 0.3) is 0 Å². The normalized spacial score (nSPS) is 18.4. The molecular formula is C13H27N5O. The summed E-state index contributed by atoms with van der Waals surface area (Å²) < 4.78 is 0. The number of carbonyl (C=O) groups excluding carboxylic acids is 1. The summed E-state index contributed by atoms with van der Waals surface area (Å²) in [4.78, 5) is 20.8. The number of likely N-dealkylation sites (N-methyl/N-ethyl adjacent to an activating group) is 1. The fourth-order valence-corrected chi connectivity index (χ4v) is 2.13. The molecule has 0 radical (unpaired) electrons. The first-order valence-electron chi connectivity index (χ1n) is 6.89. The molecule has 1 fully saturated rings. The first-order chi connectivity index (χ1) is 8.97. The summed E-state index contributed by atoms with van der Waals surface area (Å²) in [7, 11) is 5.61. The van der Waals surface area contributed by atoms with Gasteiger partial charge in [0, 0.05) is 47.3 Å². The Kier molecular flexibility index (Phi) is 6.08. The molecule has 1 unspecified atom stereocenters. The molecule has 1 saturated heterocycles. The number of nitrogens with one attached hydrogen (secondary N) is 2. The quantitative estimate of drug-likeness (QED) is 0.540. The lowest BCUT2D eigenvalue weighted by Gasteiger charge is -2.34. The number of guanidine groups is 1. The van der Waals surface area contributed by atoms with Crippen molar-refractivity contribution >= 4 is 11.9 Å². The van der Waals surface area contributed by atoms with Gasteiger partial charge in [-0.2, -0.15) is 0 Å². The Balaban J connectivity index is 2.93. The molecule has 0 spiro atoms. The average molecular weight is 269 g/mol. The summed E-state index contributed by atoms with van der Waals surface area (Å²) in [6.07, 6.45) is 0. The number of amides is 1. The lowest BCUT2D eigenvalue weighted by molar-refractivity contribution is -0.122. The maximum Gasteiger partial charge on any atom is 0.244 e. The van der Waals surface area contributed by atoms with Crippen molar-refractivity contribution in [2.24, 2.45) is 10.9 Å². The summed E-state index contributed by atoms with van der Waals surface area (Å²) in [6, 6.07) is -0.336. The Bertz CT molecular complexity index is 321. The molecule has 0 aromatic rings. The zero-order valence-corrected chi connectivity index (χ0v) is 12.7. The summed E-state index contributed by atoms with van der Waals surface area (Å²) in [5.74, 6) is 1.05. The molecule has 0 aliphatic carbocycles. The van der Waals surface area contributed by atoms with E-state index in [4.69, 9.17) is 4.99 Å². The van der Waals surface area contributed by atoms with E-state index >= 15 is 0 Å². The maximum absolute atomic E-state index is 11.9. The van der Waals surface area contributed by atoms with Crippen molar-refractivity contribution in [2.45, 2.75) is 19.9 Å². The van der Waals surface area contributed by atoms with E-state index in [0.717, 1.165) is 32.1 Å². The second-order valence-electron chi connectivity index (χ2n) is 5.36. The standard InChI is InChI=1S/C13H27N5O/c1-10(2)11(12(19)14-3)16-13(17(4)5)18-8-6-15-7-9-18/h10-11,15H,6-9H2,1-5H3,(H,14,19). The highest BCUT2D eigenvalue weighted by molar-refractivity contribution is 5.87. The number of hydrogen-bond donors (Lipinski definition) is 2. The van der Waals surface area contributed by atoms with Crippen LogP contribution < -0.4 is 10.6 Å². The molecule has 1 aliphatic rings. The molecule has 2 N–H and O–H groups in total. The monoisotopic (exact) mass is 269 g/mol. The van der Waals surface area contributed by atoms with Crippen molar-refractivity contribution in [1.82, 2.24) is 20.4 Å². The largest absolute Gasteiger partial charge is 0.357 e. The van der Waals surface area contributed by atoms with Crippen molar-refractivity contribution in [3.63, 3.8) is 0 Å². The van der Waals surface area contributed by atoms with Crippen molar-refractivity contribution in [3.8, 4) is 0 Å². The molecule has 1 rings (SSSR count). The Morgan fingerprint density at radius 3 is 2.32 bits per heavy atom. The van der Waals surface area contributed by atoms with Gasteiger partial charge in [0.15, 0.2) is 5.96 Å². The van der Waals surface area contributed by atoms with E-state index in [1.807, 2.05) is 32.8 Å². The third-order valence-corrected chi connectivity index (χ3v) is 3.20. The van der Waals surface area contributed by atoms with E-state index in [2.05, 4.69) is 15.5 Å². The minimum absolute atomic E-state index is 0.0236. The van der Waals surface area contributed by atoms with Gasteiger partial charge in [0.2, 0.25) is 5.91 Å². The molecule has 1 atom stereocenters. The van der Waals surface area contributed by atoms with Crippen LogP contribution in [-0.2, 0) is 4.79 Å². The summed E-state index contributed by atoms with van der Waals surface area (Å²) in [5.41, 5.74) is 0. The fourth-order valence-electron chi connectivity index (χ4n) is 2.13. The molecular weight excluding hydrogens is 242 g/mol. The minimum atomic E-state index is -0.336. The average Bonchev–Trinajstić information content (AvgIpc) is 2.39. The Morgan fingerprint density at radius 1 is 1.32 bits per heavy atom. The predicted molar refractivity (Wildman–Crippen MR) is 78.3 cm³/mol. The fraction of sp³-hybridized carbons (Fsp3) is 0.846. The first kappa shape index (κ1) is 15.8. The van der Waals surface area contributed by atoms with Crippen LogP contribution in [0.15, 0.2) is 4.99 Å². The topological polar surface area (TPSA) is 60.0 Å². The van der Waals surface area contributed by atoms with Crippen LogP contribution in [0.3, 0.4) is 0 Å². The molecule has 110 valence electrons. The zero-order chi connectivity index (χ0) is 14.4. The molecule has 0 aromatic heterocycles. The van der Waals surface area contributed by atoms with Crippen molar-refractivity contribution < 1.29 is 4.79 Å². The maximum atomic E-state index is 11.9. The number of carbonyl (C=O) groups is 1. The van der Waals surface area contributed by atoms with E-state index in [0.29, 0.717) is 0 Å². The van der Waals surface area contributed by atoms with Crippen LogP contribution in [0.2, 0.25) is 0 Å². The number of hydrogen-bond acceptors (Lipinski definition) is 3. The summed E-state index contributed by atoms with van der Waals surface area (Å²) >= 11 is 0. The van der Waals surface area contributed by atoms with E-state index in [-0.39, 0.29) is 17.9 Å². The van der Waals surface area contributed by atoms with Crippen molar-refractivity contribution in [2.75, 3.05) is 47.3 Å². The van der Waals surface area contributed by atoms with Gasteiger partial charge in [-0.1, -0.05) is 13.8 Å². The Labute approximate surface area is 116 Å². The highest BCUT2D eigenvalue weighted by Gasteiger charge is 2.24. The van der Waals surface area contributed by atoms with E-state index in [1.54, 1.807) is 7.05 Å². The van der Waals surface area contributed by atoms with Crippen LogP contribution in [0.25, 0.3) is 0 Å². The SMILES string of the molecule is CNC(=O)C(N=C(N(C)C)N1CCNCC1)C(C)C. The molecule has 1 heterocycles. The van der Waals surface area contributed by atoms with Crippen molar-refractivity contribution in [3.05, 3.63) is 0 Å². The number of aliphatic imine (C=N–C) groups is 1. The van der Waals surface area contributed by atoms with Gasteiger partial charge >= 0.3 is 0 Å². The molecule has 1 aliphatic heterocycles. The lowest BCUT2D eigenvalue weighted by Crippen LogP contribution is -2.51. The van der Waals surface area contributed by atoms with Crippen LogP contribution in [0.5, 0.6) is 0 Å². The van der Waals surface area contributed by atoms with Gasteiger partial charge < -0.3 is 20.4 Å². The van der Waals surface area contributed by atoms with Gasteiger partial charge in [-0.15, -0.1) is 0 Å². The third kappa shape index (κ3) is 4.38. The van der Waals surface area contributed by atoms with Crippen LogP contribution in [0.4, 0.5) is 0 Å². The zero-order valence-electron chi connectivity index (χ0n) is 12.7. The van der Waals surface area contributed by atoms with Gasteiger partial charge in [-0.25, -0.2) is 4.99 Å². The van der Waals surface area contributed by atoms with E-state index in [1.165, 1.54) is 0 Å². The molecule has 19 heavy (non-hydrogen) atoms. The smallest absolute Gasteiger partial charge is 0.244 e. The van der Waals surface area contributed by atoms with Crippen LogP contribution in [-0.4, -0.2) is 75.0 Å². The summed E-state index contributed by atoms with van der Waals surface area (Å²) in [5, 5.41) is 6.02. The second kappa shape index (κ2) is 7.33. The number of rotatable bonds is 3. The Hall–Kier alpha value is -1.30. The Morgan fingerprint density at radius 2 is 1.89 bits per heavy atom. The van der Waals surface area contributed by atoms with Crippen LogP contribution in [0.1, 0.15) is 13.8 Å². The third-order valence-electron chi connectivity index (χ3n) is 3.20. The molecule has 0 aromatic carbocycles. The second-order valence-corrected chi connectivity index (χ2v) is 5.36. The van der Waals surface area contributed by atoms with Crippen molar-refractivity contribution in [1.29, 1.82) is 0 Å². The van der Waals surface area contributed by atoms with Gasteiger partial charge in [0.1, 0.15) is 6.04 Å². The predicted octanol–water partition coefficient (Wildman–Crippen LogP) is -0.420. The van der Waals surface area contributed by atoms with E-state index in [9.17, 15) is 4.79 Å². The van der Waals surface area contributed by atoms with Crippen LogP contribution >= 0.6 is 0 Å². The molecule has 0 bridgehead atoms. The van der Waals surface area contributed by atoms with Gasteiger partial charge in [-0.3, -0.25) is 4.79 Å². The lowest BCUT2D eigenvalue weighted by atomic mass is 10.0. The van der Waals surface area contributed by atoms with Crippen LogP contribution in [0, 0.1) is 5.92 Å². The first-order valence-corrected chi connectivity index (χ1v) is 6.89. The highest BCUT2D eigenvalue weighted by atomic mass is 16.2.